The highest BCUT2D eigenvalue weighted by Crippen LogP contribution is 2.33. The van der Waals surface area contributed by atoms with E-state index in [4.69, 9.17) is 21.2 Å². The Balaban J connectivity index is 1.63. The Morgan fingerprint density at radius 2 is 1.97 bits per heavy atom. The predicted molar refractivity (Wildman–Crippen MR) is 122 cm³/mol. The molecule has 2 aromatic heterocycles. The number of hydrogen-bond acceptors (Lipinski definition) is 7. The van der Waals surface area contributed by atoms with Crippen molar-refractivity contribution < 1.29 is 32.4 Å². The van der Waals surface area contributed by atoms with Crippen molar-refractivity contribution in [1.82, 2.24) is 20.4 Å². The lowest BCUT2D eigenvalue weighted by Crippen LogP contribution is -2.24. The first-order valence-electron chi connectivity index (χ1n) is 10.4. The summed E-state index contributed by atoms with van der Waals surface area (Å²) in [4.78, 5) is 32.6. The fourth-order valence-electron chi connectivity index (χ4n) is 2.88. The van der Waals surface area contributed by atoms with Crippen molar-refractivity contribution in [2.24, 2.45) is 0 Å². The Morgan fingerprint density at radius 3 is 2.69 bits per heavy atom. The fourth-order valence-corrected chi connectivity index (χ4v) is 3.11. The molecular weight excluding hydrogens is 503 g/mol. The molecule has 0 aliphatic rings. The molecule has 0 aliphatic carbocycles. The summed E-state index contributed by atoms with van der Waals surface area (Å²) in [5.74, 6) is 3.74. The number of unbranched alkanes of at least 4 members (excludes halogenated alkanes) is 1. The van der Waals surface area contributed by atoms with Crippen molar-refractivity contribution in [3.8, 4) is 11.8 Å². The Kier molecular flexibility index (Phi) is 8.63. The van der Waals surface area contributed by atoms with Crippen molar-refractivity contribution >= 4 is 29.1 Å². The summed E-state index contributed by atoms with van der Waals surface area (Å²) in [6, 6.07) is 4.62. The Bertz CT molecular complexity index is 1330. The van der Waals surface area contributed by atoms with E-state index in [1.54, 1.807) is 0 Å². The second-order valence-corrected chi connectivity index (χ2v) is 7.74. The van der Waals surface area contributed by atoms with E-state index in [9.17, 15) is 22.8 Å². The molecule has 0 radical (unpaired) electrons. The van der Waals surface area contributed by atoms with Crippen molar-refractivity contribution in [2.75, 3.05) is 11.9 Å². The minimum atomic E-state index is -4.57. The number of amides is 2. The number of aliphatic hydroxyl groups is 1. The van der Waals surface area contributed by atoms with Crippen LogP contribution in [0.15, 0.2) is 35.1 Å². The van der Waals surface area contributed by atoms with Crippen LogP contribution in [-0.4, -0.2) is 38.7 Å². The molecule has 0 bridgehead atoms. The summed E-state index contributed by atoms with van der Waals surface area (Å²) in [6.45, 7) is 1.15. The quantitative estimate of drug-likeness (QED) is 0.319. The first kappa shape index (κ1) is 26.7. The van der Waals surface area contributed by atoms with E-state index in [0.717, 1.165) is 12.4 Å². The Labute approximate surface area is 208 Å². The van der Waals surface area contributed by atoms with Crippen LogP contribution in [-0.2, 0) is 12.7 Å². The summed E-state index contributed by atoms with van der Waals surface area (Å²) in [6.07, 6.45) is -2.53. The van der Waals surface area contributed by atoms with Crippen LogP contribution >= 0.6 is 11.6 Å². The lowest BCUT2D eigenvalue weighted by atomic mass is 10.1. The summed E-state index contributed by atoms with van der Waals surface area (Å²) >= 11 is 6.17. The number of hydrogen-bond donors (Lipinski definition) is 3. The lowest BCUT2D eigenvalue weighted by molar-refractivity contribution is -0.138. The molecule has 2 amide bonds. The van der Waals surface area contributed by atoms with Crippen LogP contribution in [0.25, 0.3) is 0 Å². The number of aryl methyl sites for hydroxylation is 1. The zero-order chi connectivity index (χ0) is 26.3. The zero-order valence-electron chi connectivity index (χ0n) is 18.7. The average Bonchev–Trinajstić information content (AvgIpc) is 3.31. The van der Waals surface area contributed by atoms with Gasteiger partial charge in [-0.2, -0.15) is 13.2 Å². The first-order chi connectivity index (χ1) is 17.1. The third kappa shape index (κ3) is 6.80. The second kappa shape index (κ2) is 11.7. The molecule has 3 rings (SSSR count). The van der Waals surface area contributed by atoms with Crippen LogP contribution in [0.1, 0.15) is 56.4 Å². The molecule has 0 spiro atoms. The number of aromatic nitrogens is 3. The number of halogens is 4. The highest BCUT2D eigenvalue weighted by atomic mass is 35.5. The third-order valence-electron chi connectivity index (χ3n) is 4.68. The molecule has 3 N–H and O–H groups in total. The van der Waals surface area contributed by atoms with Gasteiger partial charge in [0, 0.05) is 24.8 Å². The molecule has 0 fully saturated rings. The van der Waals surface area contributed by atoms with Gasteiger partial charge in [-0.05, 0) is 37.0 Å². The van der Waals surface area contributed by atoms with Crippen molar-refractivity contribution in [2.45, 2.75) is 32.5 Å². The minimum absolute atomic E-state index is 0.00377. The third-order valence-corrected chi connectivity index (χ3v) is 5.04. The molecule has 2 heterocycles. The zero-order valence-corrected chi connectivity index (χ0v) is 19.5. The van der Waals surface area contributed by atoms with E-state index in [-0.39, 0.29) is 52.3 Å². The van der Waals surface area contributed by atoms with Crippen molar-refractivity contribution in [3.63, 3.8) is 0 Å². The SMILES string of the molecule is Cc1ccc(NC(=O)c2cc(CNC(=O)c3ncnc(C#CCCCO)c3Cl)no2)cc1C(F)(F)F. The minimum Gasteiger partial charge on any atom is -0.396 e. The predicted octanol–water partition coefficient (Wildman–Crippen LogP) is 3.75. The fraction of sp³-hybridized carbons (Fsp3) is 0.261. The maximum atomic E-state index is 13.1. The number of rotatable bonds is 7. The molecule has 0 aliphatic heterocycles. The van der Waals surface area contributed by atoms with Gasteiger partial charge in [-0.15, -0.1) is 0 Å². The van der Waals surface area contributed by atoms with Crippen molar-refractivity contribution in [3.05, 3.63) is 69.6 Å². The van der Waals surface area contributed by atoms with Crippen LogP contribution in [0.2, 0.25) is 5.02 Å². The van der Waals surface area contributed by atoms with Gasteiger partial charge in [0.25, 0.3) is 11.8 Å². The van der Waals surface area contributed by atoms with Gasteiger partial charge in [0.1, 0.15) is 22.7 Å². The van der Waals surface area contributed by atoms with Gasteiger partial charge in [-0.1, -0.05) is 28.7 Å². The van der Waals surface area contributed by atoms with E-state index >= 15 is 0 Å². The van der Waals surface area contributed by atoms with Gasteiger partial charge >= 0.3 is 6.18 Å². The summed E-state index contributed by atoms with van der Waals surface area (Å²) < 4.78 is 44.2. The highest BCUT2D eigenvalue weighted by Gasteiger charge is 2.32. The largest absolute Gasteiger partial charge is 0.416 e. The number of carbonyl (C=O) groups excluding carboxylic acids is 2. The maximum Gasteiger partial charge on any atom is 0.416 e. The monoisotopic (exact) mass is 521 g/mol. The van der Waals surface area contributed by atoms with Gasteiger partial charge in [0.15, 0.2) is 5.69 Å². The van der Waals surface area contributed by atoms with Crippen LogP contribution in [0.4, 0.5) is 18.9 Å². The average molecular weight is 522 g/mol. The molecular formula is C23H19ClF3N5O4. The van der Waals surface area contributed by atoms with Gasteiger partial charge in [-0.3, -0.25) is 9.59 Å². The van der Waals surface area contributed by atoms with Crippen LogP contribution in [0.3, 0.4) is 0 Å². The Morgan fingerprint density at radius 1 is 1.19 bits per heavy atom. The van der Waals surface area contributed by atoms with E-state index in [2.05, 4.69) is 37.6 Å². The first-order valence-corrected chi connectivity index (χ1v) is 10.8. The van der Waals surface area contributed by atoms with Gasteiger partial charge in [0.05, 0.1) is 12.1 Å². The van der Waals surface area contributed by atoms with Crippen LogP contribution < -0.4 is 10.6 Å². The number of nitrogens with one attached hydrogen (secondary N) is 2. The summed E-state index contributed by atoms with van der Waals surface area (Å²) in [5, 5.41) is 17.2. The molecule has 0 unspecified atom stereocenters. The second-order valence-electron chi connectivity index (χ2n) is 7.36. The van der Waals surface area contributed by atoms with E-state index in [0.29, 0.717) is 12.8 Å². The molecule has 188 valence electrons. The van der Waals surface area contributed by atoms with Gasteiger partial charge in [-0.25, -0.2) is 9.97 Å². The summed E-state index contributed by atoms with van der Waals surface area (Å²) in [7, 11) is 0. The van der Waals surface area contributed by atoms with Crippen LogP contribution in [0, 0.1) is 18.8 Å². The normalized spacial score (nSPS) is 10.9. The number of aliphatic hydroxyl groups excluding tert-OH is 1. The highest BCUT2D eigenvalue weighted by molar-refractivity contribution is 6.34. The van der Waals surface area contributed by atoms with E-state index < -0.39 is 23.6 Å². The molecule has 0 atom stereocenters. The Hall–Kier alpha value is -3.95. The van der Waals surface area contributed by atoms with Crippen molar-refractivity contribution in [1.29, 1.82) is 0 Å². The number of carbonyl (C=O) groups is 2. The lowest BCUT2D eigenvalue weighted by Gasteiger charge is -2.12. The smallest absolute Gasteiger partial charge is 0.396 e. The molecule has 0 saturated carbocycles. The number of alkyl halides is 3. The molecule has 36 heavy (non-hydrogen) atoms. The van der Waals surface area contributed by atoms with E-state index in [1.165, 1.54) is 25.1 Å². The van der Waals surface area contributed by atoms with Gasteiger partial charge < -0.3 is 20.3 Å². The van der Waals surface area contributed by atoms with Crippen LogP contribution in [0.5, 0.6) is 0 Å². The maximum absolute atomic E-state index is 13.1. The standard InChI is InChI=1S/C23H19ClF3N5O4/c1-13-6-7-14(9-16(13)23(25,26)27)31-21(34)18-10-15(32-36-18)11-28-22(35)20-19(24)17(29-12-30-20)5-3-2-4-8-33/h6-7,9-10,12,33H,2,4,8,11H2,1H3,(H,28,35)(H,31,34). The molecule has 9 nitrogen and oxygen atoms in total. The van der Waals surface area contributed by atoms with Gasteiger partial charge in [0.2, 0.25) is 5.76 Å². The topological polar surface area (TPSA) is 130 Å². The number of nitrogens with zero attached hydrogens (tertiary/aromatic N) is 3. The molecule has 1 aromatic carbocycles. The molecule has 13 heteroatoms. The number of anilines is 1. The summed E-state index contributed by atoms with van der Waals surface area (Å²) in [5.41, 5.74) is -0.730. The molecule has 3 aromatic rings. The number of benzene rings is 1. The van der Waals surface area contributed by atoms with E-state index in [1.807, 2.05) is 0 Å². The molecule has 0 saturated heterocycles.